The van der Waals surface area contributed by atoms with E-state index in [9.17, 15) is 0 Å². The van der Waals surface area contributed by atoms with Gasteiger partial charge in [0.2, 0.25) is 5.75 Å². The molecule has 4 aromatic rings. The molecular formula is C18H16Cl2N4O2. The number of H-pyrrole nitrogens is 1. The summed E-state index contributed by atoms with van der Waals surface area (Å²) < 4.78 is 13.8. The van der Waals surface area contributed by atoms with Crippen LogP contribution in [0.1, 0.15) is 30.2 Å². The van der Waals surface area contributed by atoms with Crippen LogP contribution in [-0.4, -0.2) is 19.8 Å². The molecule has 134 valence electrons. The van der Waals surface area contributed by atoms with Gasteiger partial charge in [0.05, 0.1) is 5.02 Å². The standard InChI is InChI=1S/C18H16Cl2N4O2/c1-9-17(25-10(2)15-6-7-21-22-15)18-24(23-9)16(11(3)26-18)13-5-4-12(19)8-14(13)20/h4-8,10H,1-3H3,(H,21,22). The summed E-state index contributed by atoms with van der Waals surface area (Å²) in [6.07, 6.45) is 1.51. The number of aromatic nitrogens is 4. The van der Waals surface area contributed by atoms with E-state index in [1.54, 1.807) is 22.8 Å². The lowest BCUT2D eigenvalue weighted by molar-refractivity contribution is 0.220. The highest BCUT2D eigenvalue weighted by Gasteiger charge is 2.24. The van der Waals surface area contributed by atoms with E-state index in [2.05, 4.69) is 15.3 Å². The van der Waals surface area contributed by atoms with E-state index >= 15 is 0 Å². The number of benzene rings is 1. The zero-order valence-electron chi connectivity index (χ0n) is 14.4. The van der Waals surface area contributed by atoms with Crippen LogP contribution in [0.4, 0.5) is 0 Å². The highest BCUT2D eigenvalue weighted by molar-refractivity contribution is 6.36. The molecule has 0 radical (unpaired) electrons. The van der Waals surface area contributed by atoms with Gasteiger partial charge in [0.15, 0.2) is 0 Å². The maximum Gasteiger partial charge on any atom is 0.266 e. The van der Waals surface area contributed by atoms with E-state index in [-0.39, 0.29) is 6.10 Å². The normalized spacial score (nSPS) is 12.7. The molecule has 4 rings (SSSR count). The quantitative estimate of drug-likeness (QED) is 0.507. The Morgan fingerprint density at radius 2 is 2.04 bits per heavy atom. The van der Waals surface area contributed by atoms with E-state index in [4.69, 9.17) is 32.4 Å². The number of nitrogens with one attached hydrogen (secondary N) is 1. The zero-order chi connectivity index (χ0) is 18.4. The van der Waals surface area contributed by atoms with Crippen LogP contribution < -0.4 is 4.74 Å². The number of nitrogens with zero attached hydrogens (tertiary/aromatic N) is 3. The predicted molar refractivity (Wildman–Crippen MR) is 100 cm³/mol. The van der Waals surface area contributed by atoms with Crippen molar-refractivity contribution in [3.05, 3.63) is 57.7 Å². The summed E-state index contributed by atoms with van der Waals surface area (Å²) in [4.78, 5) is 0. The number of ether oxygens (including phenoxy) is 1. The SMILES string of the molecule is Cc1nn2c(-c3ccc(Cl)cc3Cl)c(C)oc2c1OC(C)c1cc[nH]n1. The highest BCUT2D eigenvalue weighted by Crippen LogP contribution is 2.38. The minimum atomic E-state index is -0.249. The number of fused-ring (bicyclic) bond motifs is 1. The number of hydrogen-bond acceptors (Lipinski definition) is 4. The summed E-state index contributed by atoms with van der Waals surface area (Å²) in [5, 5.41) is 12.6. The molecule has 3 heterocycles. The van der Waals surface area contributed by atoms with Crippen molar-refractivity contribution >= 4 is 28.9 Å². The van der Waals surface area contributed by atoms with Crippen molar-refractivity contribution in [3.8, 4) is 17.0 Å². The molecule has 0 aliphatic rings. The molecule has 0 saturated carbocycles. The van der Waals surface area contributed by atoms with E-state index in [1.807, 2.05) is 32.9 Å². The molecule has 1 atom stereocenters. The van der Waals surface area contributed by atoms with E-state index in [0.717, 1.165) is 22.6 Å². The molecule has 3 aromatic heterocycles. The molecule has 8 heteroatoms. The van der Waals surface area contributed by atoms with Gasteiger partial charge in [0.25, 0.3) is 5.71 Å². The molecule has 1 unspecified atom stereocenters. The van der Waals surface area contributed by atoms with Gasteiger partial charge in [-0.2, -0.15) is 14.7 Å². The number of halogens is 2. The smallest absolute Gasteiger partial charge is 0.266 e. The summed E-state index contributed by atoms with van der Waals surface area (Å²) in [6, 6.07) is 7.21. The molecular weight excluding hydrogens is 375 g/mol. The average molecular weight is 391 g/mol. The summed E-state index contributed by atoms with van der Waals surface area (Å²) in [7, 11) is 0. The Morgan fingerprint density at radius 3 is 2.73 bits per heavy atom. The van der Waals surface area contributed by atoms with Crippen molar-refractivity contribution in [1.82, 2.24) is 19.8 Å². The Hall–Kier alpha value is -2.44. The van der Waals surface area contributed by atoms with Crippen molar-refractivity contribution in [3.63, 3.8) is 0 Å². The van der Waals surface area contributed by atoms with Crippen molar-refractivity contribution in [2.45, 2.75) is 26.9 Å². The van der Waals surface area contributed by atoms with Gasteiger partial charge in [-0.1, -0.05) is 23.2 Å². The van der Waals surface area contributed by atoms with E-state index < -0.39 is 0 Å². The number of hydrogen-bond donors (Lipinski definition) is 1. The molecule has 0 spiro atoms. The first kappa shape index (κ1) is 17.0. The lowest BCUT2D eigenvalue weighted by Gasteiger charge is -2.10. The first-order valence-electron chi connectivity index (χ1n) is 8.06. The fraction of sp³-hybridized carbons (Fsp3) is 0.222. The third-order valence-corrected chi connectivity index (χ3v) is 4.73. The Bertz CT molecular complexity index is 1080. The molecule has 0 fully saturated rings. The number of aryl methyl sites for hydroxylation is 2. The van der Waals surface area contributed by atoms with Gasteiger partial charge in [-0.05, 0) is 45.0 Å². The number of rotatable bonds is 4. The molecule has 0 amide bonds. The Morgan fingerprint density at radius 1 is 1.23 bits per heavy atom. The maximum atomic E-state index is 6.38. The molecule has 0 aliphatic heterocycles. The summed E-state index contributed by atoms with van der Waals surface area (Å²) in [5.41, 5.74) is 3.61. The largest absolute Gasteiger partial charge is 0.477 e. The van der Waals surface area contributed by atoms with Crippen LogP contribution in [0.2, 0.25) is 10.0 Å². The van der Waals surface area contributed by atoms with Gasteiger partial charge in [0.1, 0.15) is 28.9 Å². The van der Waals surface area contributed by atoms with Crippen molar-refractivity contribution < 1.29 is 9.15 Å². The maximum absolute atomic E-state index is 6.38. The average Bonchev–Trinajstić information content (AvgIpc) is 3.28. The lowest BCUT2D eigenvalue weighted by atomic mass is 10.1. The molecule has 1 aromatic carbocycles. The topological polar surface area (TPSA) is 68.3 Å². The number of oxazole rings is 1. The highest BCUT2D eigenvalue weighted by atomic mass is 35.5. The monoisotopic (exact) mass is 390 g/mol. The molecule has 26 heavy (non-hydrogen) atoms. The van der Waals surface area contributed by atoms with E-state index in [0.29, 0.717) is 27.3 Å². The third kappa shape index (κ3) is 2.75. The van der Waals surface area contributed by atoms with E-state index in [1.165, 1.54) is 0 Å². The van der Waals surface area contributed by atoms with Gasteiger partial charge in [0, 0.05) is 16.8 Å². The minimum absolute atomic E-state index is 0.249. The second-order valence-electron chi connectivity index (χ2n) is 6.02. The van der Waals surface area contributed by atoms with Crippen LogP contribution in [0, 0.1) is 13.8 Å². The molecule has 0 bridgehead atoms. The van der Waals surface area contributed by atoms with Crippen molar-refractivity contribution in [1.29, 1.82) is 0 Å². The van der Waals surface area contributed by atoms with Gasteiger partial charge in [-0.3, -0.25) is 5.10 Å². The summed E-state index contributed by atoms with van der Waals surface area (Å²) in [6.45, 7) is 5.66. The summed E-state index contributed by atoms with van der Waals surface area (Å²) in [5.74, 6) is 1.27. The molecule has 6 nitrogen and oxygen atoms in total. The van der Waals surface area contributed by atoms with Crippen LogP contribution in [0.15, 0.2) is 34.9 Å². The zero-order valence-corrected chi connectivity index (χ0v) is 15.9. The first-order valence-corrected chi connectivity index (χ1v) is 8.81. The second-order valence-corrected chi connectivity index (χ2v) is 6.87. The Balaban J connectivity index is 1.82. The predicted octanol–water partition coefficient (Wildman–Crippen LogP) is 5.38. The molecule has 1 N–H and O–H groups in total. The van der Waals surface area contributed by atoms with Crippen molar-refractivity contribution in [2.24, 2.45) is 0 Å². The summed E-state index contributed by atoms with van der Waals surface area (Å²) >= 11 is 12.4. The van der Waals surface area contributed by atoms with Crippen LogP contribution in [0.3, 0.4) is 0 Å². The molecule has 0 saturated heterocycles. The van der Waals surface area contributed by atoms with Gasteiger partial charge in [-0.15, -0.1) is 0 Å². The fourth-order valence-corrected chi connectivity index (χ4v) is 3.43. The van der Waals surface area contributed by atoms with Crippen LogP contribution in [0.25, 0.3) is 17.0 Å². The Labute approximate surface area is 159 Å². The van der Waals surface area contributed by atoms with Crippen LogP contribution in [0.5, 0.6) is 5.75 Å². The first-order chi connectivity index (χ1) is 12.5. The Kier molecular flexibility index (Phi) is 4.17. The van der Waals surface area contributed by atoms with Crippen molar-refractivity contribution in [2.75, 3.05) is 0 Å². The second kappa shape index (κ2) is 6.37. The van der Waals surface area contributed by atoms with Gasteiger partial charge >= 0.3 is 0 Å². The number of aromatic amines is 1. The lowest BCUT2D eigenvalue weighted by Crippen LogP contribution is -2.04. The molecule has 0 aliphatic carbocycles. The van der Waals surface area contributed by atoms with Gasteiger partial charge < -0.3 is 9.15 Å². The third-order valence-electron chi connectivity index (χ3n) is 4.18. The van der Waals surface area contributed by atoms with Crippen LogP contribution in [-0.2, 0) is 0 Å². The fourth-order valence-electron chi connectivity index (χ4n) is 2.93. The minimum Gasteiger partial charge on any atom is -0.477 e. The van der Waals surface area contributed by atoms with Gasteiger partial charge in [-0.25, -0.2) is 0 Å². The van der Waals surface area contributed by atoms with Crippen LogP contribution >= 0.6 is 23.2 Å².